The Morgan fingerprint density at radius 1 is 0.935 bits per heavy atom. The van der Waals surface area contributed by atoms with E-state index in [-0.39, 0.29) is 5.82 Å². The Hall–Kier alpha value is -3.20. The molecule has 1 aromatic heterocycles. The molecule has 2 nitrogen and oxygen atoms in total. The zero-order valence-corrected chi connectivity index (χ0v) is 18.4. The molecule has 0 atom stereocenters. The second-order valence-electron chi connectivity index (χ2n) is 7.83. The summed E-state index contributed by atoms with van der Waals surface area (Å²) in [5.74, 6) is -0.144. The van der Waals surface area contributed by atoms with Gasteiger partial charge in [-0.3, -0.25) is 0 Å². The van der Waals surface area contributed by atoms with Gasteiger partial charge in [0.05, 0.1) is 0 Å². The molecule has 0 saturated heterocycles. The summed E-state index contributed by atoms with van der Waals surface area (Å²) >= 11 is 0. The highest BCUT2D eigenvalue weighted by molar-refractivity contribution is 5.84. The Bertz CT molecular complexity index is 1130. The number of aldehydes is 1. The maximum Gasteiger partial charge on any atom is 0.123 e. The number of benzene rings is 3. The van der Waals surface area contributed by atoms with Gasteiger partial charge in [0.1, 0.15) is 12.1 Å². The fourth-order valence-corrected chi connectivity index (χ4v) is 3.79. The summed E-state index contributed by atoms with van der Waals surface area (Å²) in [5, 5.41) is 1.31. The van der Waals surface area contributed by atoms with Crippen LogP contribution in [0, 0.1) is 12.7 Å². The van der Waals surface area contributed by atoms with Gasteiger partial charge in [-0.05, 0) is 61.1 Å². The van der Waals surface area contributed by atoms with Crippen LogP contribution in [0.15, 0.2) is 79.0 Å². The number of para-hydroxylation sites is 1. The standard InChI is InChI=1S/C20H21NO.C8H9F/c1-16-7-6-8-17(13-16)14-21-15-18(9-4-5-12-22)19-10-2-3-11-20(19)21;1-2-7-4-3-5-8(9)6-7/h2-3,6-8,10-13,15H,4-5,9,14H2,1H3;3-6H,2H2,1H3. The van der Waals surface area contributed by atoms with Gasteiger partial charge in [-0.15, -0.1) is 0 Å². The topological polar surface area (TPSA) is 22.0 Å². The van der Waals surface area contributed by atoms with E-state index in [0.717, 1.165) is 37.7 Å². The molecule has 0 unspecified atom stereocenters. The van der Waals surface area contributed by atoms with Gasteiger partial charge in [0, 0.05) is 30.1 Å². The quantitative estimate of drug-likeness (QED) is 0.237. The summed E-state index contributed by atoms with van der Waals surface area (Å²) in [4.78, 5) is 10.5. The number of carbonyl (C=O) groups excluding carboxylic acids is 1. The average Bonchev–Trinajstić information content (AvgIpc) is 3.12. The van der Waals surface area contributed by atoms with Crippen LogP contribution in [0.4, 0.5) is 4.39 Å². The van der Waals surface area contributed by atoms with Crippen LogP contribution in [0.1, 0.15) is 42.0 Å². The number of fused-ring (bicyclic) bond motifs is 1. The summed E-state index contributed by atoms with van der Waals surface area (Å²) in [6.07, 6.45) is 6.67. The monoisotopic (exact) mass is 415 g/mol. The number of unbranched alkanes of at least 4 members (excludes halogenated alkanes) is 1. The first-order valence-electron chi connectivity index (χ1n) is 10.9. The van der Waals surface area contributed by atoms with Crippen molar-refractivity contribution in [2.75, 3.05) is 0 Å². The van der Waals surface area contributed by atoms with Crippen LogP contribution in [-0.2, 0) is 24.2 Å². The SMILES string of the molecule is CCc1cccc(F)c1.Cc1cccc(Cn2cc(CCCC=O)c3ccccc32)c1. The lowest BCUT2D eigenvalue weighted by molar-refractivity contribution is -0.107. The fourth-order valence-electron chi connectivity index (χ4n) is 3.79. The third-order valence-corrected chi connectivity index (χ3v) is 5.37. The van der Waals surface area contributed by atoms with Crippen molar-refractivity contribution in [2.24, 2.45) is 0 Å². The van der Waals surface area contributed by atoms with Gasteiger partial charge >= 0.3 is 0 Å². The van der Waals surface area contributed by atoms with E-state index in [1.165, 1.54) is 33.7 Å². The summed E-state index contributed by atoms with van der Waals surface area (Å²) in [6.45, 7) is 5.02. The lowest BCUT2D eigenvalue weighted by Crippen LogP contribution is -1.98. The van der Waals surface area contributed by atoms with Gasteiger partial charge in [0.2, 0.25) is 0 Å². The maximum absolute atomic E-state index is 12.4. The van der Waals surface area contributed by atoms with Gasteiger partial charge in [0.25, 0.3) is 0 Å². The number of carbonyl (C=O) groups is 1. The summed E-state index contributed by atoms with van der Waals surface area (Å²) in [5.41, 5.74) is 6.27. The van der Waals surface area contributed by atoms with Crippen molar-refractivity contribution in [1.82, 2.24) is 4.57 Å². The van der Waals surface area contributed by atoms with Gasteiger partial charge in [-0.25, -0.2) is 4.39 Å². The molecule has 4 rings (SSSR count). The van der Waals surface area contributed by atoms with E-state index in [9.17, 15) is 9.18 Å². The third-order valence-electron chi connectivity index (χ3n) is 5.37. The molecule has 0 bridgehead atoms. The fraction of sp³-hybridized carbons (Fsp3) is 0.250. The Kier molecular flexibility index (Phi) is 8.17. The van der Waals surface area contributed by atoms with Crippen molar-refractivity contribution in [1.29, 1.82) is 0 Å². The van der Waals surface area contributed by atoms with E-state index < -0.39 is 0 Å². The molecule has 1 heterocycles. The molecule has 0 aliphatic rings. The van der Waals surface area contributed by atoms with E-state index in [4.69, 9.17) is 0 Å². The zero-order valence-electron chi connectivity index (χ0n) is 18.4. The van der Waals surface area contributed by atoms with Crippen LogP contribution >= 0.6 is 0 Å². The first-order valence-corrected chi connectivity index (χ1v) is 10.9. The van der Waals surface area contributed by atoms with Crippen LogP contribution in [-0.4, -0.2) is 10.9 Å². The Labute approximate surface area is 184 Å². The van der Waals surface area contributed by atoms with Crippen LogP contribution < -0.4 is 0 Å². The van der Waals surface area contributed by atoms with Crippen molar-refractivity contribution < 1.29 is 9.18 Å². The lowest BCUT2D eigenvalue weighted by Gasteiger charge is -2.06. The number of hydrogen-bond acceptors (Lipinski definition) is 1. The van der Waals surface area contributed by atoms with E-state index in [0.29, 0.717) is 6.42 Å². The highest BCUT2D eigenvalue weighted by atomic mass is 19.1. The third kappa shape index (κ3) is 6.39. The predicted octanol–water partition coefficient (Wildman–Crippen LogP) is 6.91. The average molecular weight is 416 g/mol. The van der Waals surface area contributed by atoms with E-state index in [1.54, 1.807) is 12.1 Å². The highest BCUT2D eigenvalue weighted by Crippen LogP contribution is 2.24. The molecule has 160 valence electrons. The Morgan fingerprint density at radius 2 is 1.71 bits per heavy atom. The van der Waals surface area contributed by atoms with E-state index >= 15 is 0 Å². The number of nitrogens with zero attached hydrogens (tertiary/aromatic N) is 1. The Balaban J connectivity index is 0.000000254. The van der Waals surface area contributed by atoms with Gasteiger partial charge < -0.3 is 9.36 Å². The number of halogens is 1. The van der Waals surface area contributed by atoms with Crippen LogP contribution in [0.25, 0.3) is 10.9 Å². The molecular weight excluding hydrogens is 385 g/mol. The summed E-state index contributed by atoms with van der Waals surface area (Å²) in [7, 11) is 0. The molecular formula is C28H30FNO. The predicted molar refractivity (Wildman–Crippen MR) is 127 cm³/mol. The molecule has 4 aromatic rings. The second-order valence-corrected chi connectivity index (χ2v) is 7.83. The van der Waals surface area contributed by atoms with Crippen LogP contribution in [0.3, 0.4) is 0 Å². The second kappa shape index (κ2) is 11.3. The van der Waals surface area contributed by atoms with Gasteiger partial charge in [-0.2, -0.15) is 0 Å². The maximum atomic E-state index is 12.4. The number of rotatable bonds is 7. The molecule has 0 radical (unpaired) electrons. The van der Waals surface area contributed by atoms with Crippen molar-refractivity contribution in [3.8, 4) is 0 Å². The summed E-state index contributed by atoms with van der Waals surface area (Å²) < 4.78 is 14.7. The smallest absolute Gasteiger partial charge is 0.123 e. The van der Waals surface area contributed by atoms with E-state index in [2.05, 4.69) is 66.2 Å². The molecule has 3 heteroatoms. The molecule has 31 heavy (non-hydrogen) atoms. The van der Waals surface area contributed by atoms with Gasteiger partial charge in [0.15, 0.2) is 0 Å². The van der Waals surface area contributed by atoms with Crippen LogP contribution in [0.5, 0.6) is 0 Å². The lowest BCUT2D eigenvalue weighted by atomic mass is 10.1. The van der Waals surface area contributed by atoms with Gasteiger partial charge in [-0.1, -0.05) is 67.1 Å². The summed E-state index contributed by atoms with van der Waals surface area (Å²) in [6, 6.07) is 23.8. The van der Waals surface area contributed by atoms with E-state index in [1.807, 2.05) is 13.0 Å². The van der Waals surface area contributed by atoms with Crippen LogP contribution in [0.2, 0.25) is 0 Å². The first-order chi connectivity index (χ1) is 15.1. The molecule has 3 aromatic carbocycles. The molecule has 0 aliphatic carbocycles. The highest BCUT2D eigenvalue weighted by Gasteiger charge is 2.08. The minimum Gasteiger partial charge on any atom is -0.343 e. The minimum atomic E-state index is -0.144. The first kappa shape index (κ1) is 22.5. The van der Waals surface area contributed by atoms with Crippen molar-refractivity contribution in [2.45, 2.75) is 46.1 Å². The van der Waals surface area contributed by atoms with Crippen molar-refractivity contribution in [3.63, 3.8) is 0 Å². The molecule has 0 aliphatic heterocycles. The van der Waals surface area contributed by atoms with Crippen molar-refractivity contribution >= 4 is 17.2 Å². The largest absolute Gasteiger partial charge is 0.343 e. The number of hydrogen-bond donors (Lipinski definition) is 0. The molecule has 0 fully saturated rings. The Morgan fingerprint density at radius 3 is 2.42 bits per heavy atom. The molecule has 0 amide bonds. The number of aryl methyl sites for hydroxylation is 3. The molecule has 0 saturated carbocycles. The number of aromatic nitrogens is 1. The normalized spacial score (nSPS) is 10.5. The zero-order chi connectivity index (χ0) is 22.1. The molecule has 0 spiro atoms. The molecule has 0 N–H and O–H groups in total. The minimum absolute atomic E-state index is 0.144. The van der Waals surface area contributed by atoms with Crippen molar-refractivity contribution in [3.05, 3.63) is 107 Å².